The van der Waals surface area contributed by atoms with Gasteiger partial charge in [-0.05, 0) is 26.7 Å². The SMILES string of the molecule is CCC(CC(C)C(=O)NCCOCCOCCNC(=O)CCC(=O)OC1CC(n2cc(C)c(=O)[nH]c2=O)OC1C)C(=O)N(C)C. The molecule has 0 spiro atoms. The smallest absolute Gasteiger partial charge is 0.330 e. The summed E-state index contributed by atoms with van der Waals surface area (Å²) in [6, 6.07) is 0. The first-order valence-corrected chi connectivity index (χ1v) is 15.4. The average Bonchev–Trinajstić information content (AvgIpc) is 3.35. The molecule has 45 heavy (non-hydrogen) atoms. The van der Waals surface area contributed by atoms with Crippen molar-refractivity contribution in [1.82, 2.24) is 25.1 Å². The van der Waals surface area contributed by atoms with Gasteiger partial charge < -0.3 is 34.5 Å². The molecule has 0 aromatic carbocycles. The van der Waals surface area contributed by atoms with Crippen molar-refractivity contribution in [2.24, 2.45) is 11.8 Å². The molecule has 15 nitrogen and oxygen atoms in total. The van der Waals surface area contributed by atoms with Crippen molar-refractivity contribution in [2.75, 3.05) is 53.6 Å². The third-order valence-corrected chi connectivity index (χ3v) is 7.48. The number of amides is 3. The van der Waals surface area contributed by atoms with E-state index in [1.54, 1.807) is 32.8 Å². The van der Waals surface area contributed by atoms with Crippen molar-refractivity contribution < 1.29 is 38.1 Å². The fourth-order valence-corrected chi connectivity index (χ4v) is 4.78. The van der Waals surface area contributed by atoms with Crippen molar-refractivity contribution >= 4 is 23.7 Å². The molecule has 0 aliphatic carbocycles. The largest absolute Gasteiger partial charge is 0.459 e. The van der Waals surface area contributed by atoms with Crippen molar-refractivity contribution in [3.63, 3.8) is 0 Å². The van der Waals surface area contributed by atoms with Crippen LogP contribution in [0.4, 0.5) is 0 Å². The Morgan fingerprint density at radius 3 is 2.33 bits per heavy atom. The lowest BCUT2D eigenvalue weighted by atomic mass is 9.92. The number of nitrogens with zero attached hydrogens (tertiary/aromatic N) is 2. The van der Waals surface area contributed by atoms with Gasteiger partial charge in [0, 0.05) is 63.6 Å². The lowest BCUT2D eigenvalue weighted by Gasteiger charge is -2.22. The number of ether oxygens (including phenoxy) is 4. The summed E-state index contributed by atoms with van der Waals surface area (Å²) in [5.41, 5.74) is -0.717. The van der Waals surface area contributed by atoms with Crippen LogP contribution in [0.15, 0.2) is 15.8 Å². The van der Waals surface area contributed by atoms with Gasteiger partial charge in [0.15, 0.2) is 0 Å². The quantitative estimate of drug-likeness (QED) is 0.140. The van der Waals surface area contributed by atoms with E-state index in [4.69, 9.17) is 18.9 Å². The summed E-state index contributed by atoms with van der Waals surface area (Å²) < 4.78 is 23.4. The standard InChI is InChI=1S/C30H49N5O10/c1-7-22(29(40)34(5)6)16-19(2)27(38)32-11-13-43-15-14-42-12-10-31-24(36)8-9-26(37)45-23-17-25(44-21(23)4)35-18-20(3)28(39)33-30(35)41/h18-19,21-23,25H,7-17H2,1-6H3,(H,31,36)(H,32,38)(H,33,39,41). The van der Waals surface area contributed by atoms with Crippen molar-refractivity contribution in [2.45, 2.75) is 78.2 Å². The highest BCUT2D eigenvalue weighted by Crippen LogP contribution is 2.30. The minimum atomic E-state index is -0.685. The number of rotatable bonds is 19. The second kappa shape index (κ2) is 19.1. The van der Waals surface area contributed by atoms with E-state index in [1.807, 2.05) is 13.8 Å². The summed E-state index contributed by atoms with van der Waals surface area (Å²) in [5, 5.41) is 5.49. The van der Waals surface area contributed by atoms with Gasteiger partial charge >= 0.3 is 11.7 Å². The molecule has 1 aliphatic heterocycles. The van der Waals surface area contributed by atoms with E-state index in [2.05, 4.69) is 15.6 Å². The van der Waals surface area contributed by atoms with Crippen LogP contribution in [-0.4, -0.2) is 104 Å². The van der Waals surface area contributed by atoms with E-state index in [0.29, 0.717) is 44.8 Å². The van der Waals surface area contributed by atoms with E-state index in [0.717, 1.165) is 0 Å². The van der Waals surface area contributed by atoms with Gasteiger partial charge in [0.2, 0.25) is 17.7 Å². The normalized spacial score (nSPS) is 19.0. The Morgan fingerprint density at radius 1 is 1.07 bits per heavy atom. The minimum Gasteiger partial charge on any atom is -0.459 e. The molecule has 1 saturated heterocycles. The van der Waals surface area contributed by atoms with Crippen LogP contribution in [-0.2, 0) is 38.1 Å². The van der Waals surface area contributed by atoms with Gasteiger partial charge in [0.05, 0.1) is 39.0 Å². The molecule has 0 radical (unpaired) electrons. The molecule has 1 aromatic heterocycles. The summed E-state index contributed by atoms with van der Waals surface area (Å²) in [4.78, 5) is 76.4. The van der Waals surface area contributed by atoms with Crippen molar-refractivity contribution in [1.29, 1.82) is 0 Å². The number of hydrogen-bond acceptors (Lipinski definition) is 10. The second-order valence-corrected chi connectivity index (χ2v) is 11.4. The lowest BCUT2D eigenvalue weighted by molar-refractivity contribution is -0.152. The van der Waals surface area contributed by atoms with Crippen LogP contribution in [0.1, 0.15) is 64.7 Å². The van der Waals surface area contributed by atoms with Gasteiger partial charge in [-0.25, -0.2) is 4.79 Å². The number of nitrogens with one attached hydrogen (secondary N) is 3. The first kappa shape index (κ1) is 37.6. The molecule has 254 valence electrons. The van der Waals surface area contributed by atoms with E-state index in [9.17, 15) is 28.8 Å². The third kappa shape index (κ3) is 12.8. The number of H-pyrrole nitrogens is 1. The zero-order valence-electron chi connectivity index (χ0n) is 27.2. The molecule has 2 rings (SSSR count). The minimum absolute atomic E-state index is 0.0290. The van der Waals surface area contributed by atoms with E-state index in [1.165, 1.54) is 10.8 Å². The molecule has 1 aromatic rings. The number of aromatic nitrogens is 2. The highest BCUT2D eigenvalue weighted by atomic mass is 16.6. The summed E-state index contributed by atoms with van der Waals surface area (Å²) in [6.07, 6.45) is 0.898. The maximum absolute atomic E-state index is 12.3. The second-order valence-electron chi connectivity index (χ2n) is 11.4. The molecule has 15 heteroatoms. The Bertz CT molecular complexity index is 1250. The monoisotopic (exact) mass is 639 g/mol. The molecule has 3 amide bonds. The molecule has 5 unspecified atom stereocenters. The van der Waals surface area contributed by atoms with Gasteiger partial charge in [-0.3, -0.25) is 33.5 Å². The molecular formula is C30H49N5O10. The maximum atomic E-state index is 12.3. The highest BCUT2D eigenvalue weighted by molar-refractivity contribution is 5.82. The molecule has 2 heterocycles. The Morgan fingerprint density at radius 2 is 1.71 bits per heavy atom. The van der Waals surface area contributed by atoms with Gasteiger partial charge in [0.25, 0.3) is 5.56 Å². The van der Waals surface area contributed by atoms with Crippen LogP contribution in [0, 0.1) is 18.8 Å². The van der Waals surface area contributed by atoms with Gasteiger partial charge in [0.1, 0.15) is 12.3 Å². The maximum Gasteiger partial charge on any atom is 0.330 e. The van der Waals surface area contributed by atoms with E-state index in [-0.39, 0.29) is 62.0 Å². The fraction of sp³-hybridized carbons (Fsp3) is 0.733. The highest BCUT2D eigenvalue weighted by Gasteiger charge is 2.36. The molecular weight excluding hydrogens is 590 g/mol. The fourth-order valence-electron chi connectivity index (χ4n) is 4.78. The van der Waals surface area contributed by atoms with Crippen LogP contribution >= 0.6 is 0 Å². The van der Waals surface area contributed by atoms with Gasteiger partial charge in [-0.1, -0.05) is 13.8 Å². The molecule has 5 atom stereocenters. The van der Waals surface area contributed by atoms with Gasteiger partial charge in [-0.2, -0.15) is 0 Å². The first-order chi connectivity index (χ1) is 21.3. The number of esters is 1. The summed E-state index contributed by atoms with van der Waals surface area (Å²) in [7, 11) is 3.43. The van der Waals surface area contributed by atoms with Crippen molar-refractivity contribution in [3.8, 4) is 0 Å². The van der Waals surface area contributed by atoms with Crippen LogP contribution in [0.25, 0.3) is 0 Å². The molecule has 3 N–H and O–H groups in total. The molecule has 1 aliphatic rings. The number of carbonyl (C=O) groups excluding carboxylic acids is 4. The van der Waals surface area contributed by atoms with Crippen LogP contribution < -0.4 is 21.9 Å². The molecule has 0 bridgehead atoms. The van der Waals surface area contributed by atoms with E-state index >= 15 is 0 Å². The Balaban J connectivity index is 1.50. The summed E-state index contributed by atoms with van der Waals surface area (Å²) >= 11 is 0. The molecule has 0 saturated carbocycles. The van der Waals surface area contributed by atoms with Gasteiger partial charge in [-0.15, -0.1) is 0 Å². The van der Waals surface area contributed by atoms with Crippen LogP contribution in [0.3, 0.4) is 0 Å². The number of aromatic amines is 1. The number of aryl methyl sites for hydroxylation is 1. The Labute approximate surface area is 263 Å². The van der Waals surface area contributed by atoms with E-state index < -0.39 is 35.7 Å². The van der Waals surface area contributed by atoms with Crippen LogP contribution in [0.2, 0.25) is 0 Å². The summed E-state index contributed by atoms with van der Waals surface area (Å²) in [6.45, 7) is 8.88. The van der Waals surface area contributed by atoms with Crippen molar-refractivity contribution in [3.05, 3.63) is 32.6 Å². The lowest BCUT2D eigenvalue weighted by Crippen LogP contribution is -2.36. The van der Waals surface area contributed by atoms with Crippen LogP contribution in [0.5, 0.6) is 0 Å². The predicted molar refractivity (Wildman–Crippen MR) is 163 cm³/mol. The summed E-state index contributed by atoms with van der Waals surface area (Å²) in [5.74, 6) is -1.43. The first-order valence-electron chi connectivity index (χ1n) is 15.4. The zero-order valence-corrected chi connectivity index (χ0v) is 27.2. The Kier molecular flexibility index (Phi) is 15.9. The molecule has 1 fully saturated rings. The predicted octanol–water partition coefficient (Wildman–Crippen LogP) is 0.251. The topological polar surface area (TPSA) is 187 Å². The average molecular weight is 640 g/mol. The number of hydrogen-bond donors (Lipinski definition) is 3. The Hall–Kier alpha value is -3.56. The zero-order chi connectivity index (χ0) is 33.5. The third-order valence-electron chi connectivity index (χ3n) is 7.48. The number of carbonyl (C=O) groups is 4.